The van der Waals surface area contributed by atoms with Gasteiger partial charge in [0.2, 0.25) is 5.91 Å². The molecule has 1 aliphatic heterocycles. The summed E-state index contributed by atoms with van der Waals surface area (Å²) >= 11 is 1.41. The zero-order valence-corrected chi connectivity index (χ0v) is 11.1. The molecule has 2 heterocycles. The summed E-state index contributed by atoms with van der Waals surface area (Å²) in [6, 6.07) is 3.54. The minimum absolute atomic E-state index is 0.0593. The number of pyridine rings is 1. The number of fused-ring (bicyclic) bond motifs is 1. The molecule has 0 aromatic carbocycles. The van der Waals surface area contributed by atoms with E-state index in [4.69, 9.17) is 4.74 Å². The maximum Gasteiger partial charge on any atom is 0.326 e. The van der Waals surface area contributed by atoms with Gasteiger partial charge in [-0.15, -0.1) is 0 Å². The third-order valence-electron chi connectivity index (χ3n) is 2.54. The number of ether oxygens (including phenoxy) is 1. The minimum Gasteiger partial charge on any atom is -0.465 e. The summed E-state index contributed by atoms with van der Waals surface area (Å²) in [6.45, 7) is 3.80. The maximum atomic E-state index is 12.1. The number of amides is 1. The van der Waals surface area contributed by atoms with Crippen LogP contribution in [0.4, 0.5) is 5.69 Å². The number of carbonyl (C=O) groups is 2. The van der Waals surface area contributed by atoms with Crippen molar-refractivity contribution in [1.82, 2.24) is 4.98 Å². The van der Waals surface area contributed by atoms with Gasteiger partial charge in [-0.1, -0.05) is 11.8 Å². The maximum absolute atomic E-state index is 12.1. The number of carbonyl (C=O) groups excluding carboxylic acids is 2. The van der Waals surface area contributed by atoms with E-state index in [1.54, 1.807) is 25.3 Å². The van der Waals surface area contributed by atoms with Crippen molar-refractivity contribution in [2.75, 3.05) is 18.1 Å². The van der Waals surface area contributed by atoms with Crippen LogP contribution in [0.15, 0.2) is 23.4 Å². The number of aromatic nitrogens is 1. The lowest BCUT2D eigenvalue weighted by Gasteiger charge is -2.30. The van der Waals surface area contributed by atoms with E-state index in [0.717, 1.165) is 5.03 Å². The number of nitrogens with zero attached hydrogens (tertiary/aromatic N) is 2. The molecule has 1 amide bonds. The van der Waals surface area contributed by atoms with Crippen LogP contribution < -0.4 is 4.90 Å². The van der Waals surface area contributed by atoms with E-state index in [0.29, 0.717) is 12.3 Å². The molecule has 0 fully saturated rings. The minimum atomic E-state index is -0.403. The lowest BCUT2D eigenvalue weighted by Crippen LogP contribution is -2.43. The van der Waals surface area contributed by atoms with Crippen LogP contribution >= 0.6 is 11.8 Å². The first kappa shape index (κ1) is 12.9. The summed E-state index contributed by atoms with van der Waals surface area (Å²) in [6.07, 6.45) is 1.68. The third kappa shape index (κ3) is 2.48. The van der Waals surface area contributed by atoms with Gasteiger partial charge in [0, 0.05) is 6.20 Å². The highest BCUT2D eigenvalue weighted by Crippen LogP contribution is 2.36. The zero-order valence-electron chi connectivity index (χ0n) is 10.3. The fraction of sp³-hybridized carbons (Fsp3) is 0.417. The number of esters is 1. The fourth-order valence-electron chi connectivity index (χ4n) is 1.73. The Bertz CT molecular complexity index is 478. The molecule has 0 spiro atoms. The van der Waals surface area contributed by atoms with Crippen LogP contribution in [0.3, 0.4) is 0 Å². The van der Waals surface area contributed by atoms with Crippen molar-refractivity contribution in [3.8, 4) is 0 Å². The molecular weight excluding hydrogens is 252 g/mol. The largest absolute Gasteiger partial charge is 0.465 e. The lowest BCUT2D eigenvalue weighted by molar-refractivity contribution is -0.142. The SMILES string of the molecule is CCOC(=O)CN1C(=O)C(C)Sc2ncccc21. The molecule has 0 aliphatic carbocycles. The van der Waals surface area contributed by atoms with Crippen LogP contribution in [-0.4, -0.2) is 35.3 Å². The molecule has 5 nitrogen and oxygen atoms in total. The molecule has 0 saturated carbocycles. The van der Waals surface area contributed by atoms with Crippen LogP contribution in [0.25, 0.3) is 0 Å². The molecule has 0 N–H and O–H groups in total. The van der Waals surface area contributed by atoms with Crippen LogP contribution in [0.2, 0.25) is 0 Å². The Morgan fingerprint density at radius 2 is 2.39 bits per heavy atom. The predicted octanol–water partition coefficient (Wildman–Crippen LogP) is 1.47. The number of hydrogen-bond donors (Lipinski definition) is 0. The monoisotopic (exact) mass is 266 g/mol. The standard InChI is InChI=1S/C12H14N2O3S/c1-3-17-10(15)7-14-9-5-4-6-13-11(9)18-8(2)12(14)16/h4-6,8H,3,7H2,1-2H3. The van der Waals surface area contributed by atoms with Crippen molar-refractivity contribution in [2.24, 2.45) is 0 Å². The van der Waals surface area contributed by atoms with Gasteiger partial charge in [-0.3, -0.25) is 14.5 Å². The van der Waals surface area contributed by atoms with Gasteiger partial charge in [0.25, 0.3) is 0 Å². The van der Waals surface area contributed by atoms with Crippen LogP contribution in [0.1, 0.15) is 13.8 Å². The summed E-state index contributed by atoms with van der Waals surface area (Å²) in [5.41, 5.74) is 0.679. The summed E-state index contributed by atoms with van der Waals surface area (Å²) in [5.74, 6) is -0.492. The average Bonchev–Trinajstić information content (AvgIpc) is 2.35. The Labute approximate surface area is 110 Å². The first-order chi connectivity index (χ1) is 8.63. The number of thioether (sulfide) groups is 1. The second kappa shape index (κ2) is 5.39. The molecule has 0 bridgehead atoms. The number of hydrogen-bond acceptors (Lipinski definition) is 5. The van der Waals surface area contributed by atoms with Crippen LogP contribution in [0.5, 0.6) is 0 Å². The summed E-state index contributed by atoms with van der Waals surface area (Å²) in [4.78, 5) is 29.3. The molecule has 1 atom stereocenters. The first-order valence-corrected chi connectivity index (χ1v) is 6.60. The molecule has 18 heavy (non-hydrogen) atoms. The highest BCUT2D eigenvalue weighted by molar-refractivity contribution is 8.00. The molecule has 6 heteroatoms. The Balaban J connectivity index is 2.27. The van der Waals surface area contributed by atoms with Crippen molar-refractivity contribution in [3.63, 3.8) is 0 Å². The number of anilines is 1. The Hall–Kier alpha value is -1.56. The molecule has 1 aliphatic rings. The lowest BCUT2D eigenvalue weighted by atomic mass is 10.3. The molecule has 1 aromatic heterocycles. The second-order valence-corrected chi connectivity index (χ2v) is 5.15. The van der Waals surface area contributed by atoms with Crippen LogP contribution in [-0.2, 0) is 14.3 Å². The Kier molecular flexibility index (Phi) is 3.86. The Morgan fingerprint density at radius 3 is 3.11 bits per heavy atom. The topological polar surface area (TPSA) is 59.5 Å². The quantitative estimate of drug-likeness (QED) is 0.775. The van der Waals surface area contributed by atoms with E-state index in [1.807, 2.05) is 6.92 Å². The fourth-order valence-corrected chi connectivity index (χ4v) is 2.72. The molecule has 1 unspecified atom stereocenters. The number of rotatable bonds is 3. The summed E-state index contributed by atoms with van der Waals surface area (Å²) < 4.78 is 4.88. The van der Waals surface area contributed by atoms with E-state index < -0.39 is 5.97 Å². The molecule has 96 valence electrons. The molecule has 0 radical (unpaired) electrons. The normalized spacial score (nSPS) is 18.4. The van der Waals surface area contributed by atoms with Crippen molar-refractivity contribution < 1.29 is 14.3 Å². The van der Waals surface area contributed by atoms with Gasteiger partial charge in [0.1, 0.15) is 11.6 Å². The van der Waals surface area contributed by atoms with Gasteiger partial charge in [-0.05, 0) is 26.0 Å². The van der Waals surface area contributed by atoms with E-state index in [2.05, 4.69) is 4.98 Å². The molecule has 0 saturated heterocycles. The molecule has 1 aromatic rings. The smallest absolute Gasteiger partial charge is 0.326 e. The summed E-state index contributed by atoms with van der Waals surface area (Å²) in [5, 5.41) is 0.538. The van der Waals surface area contributed by atoms with Crippen molar-refractivity contribution in [1.29, 1.82) is 0 Å². The average molecular weight is 266 g/mol. The predicted molar refractivity (Wildman–Crippen MR) is 68.5 cm³/mol. The van der Waals surface area contributed by atoms with Gasteiger partial charge in [-0.2, -0.15) is 0 Å². The van der Waals surface area contributed by atoms with Crippen molar-refractivity contribution in [3.05, 3.63) is 18.3 Å². The molecule has 2 rings (SSSR count). The zero-order chi connectivity index (χ0) is 13.1. The summed E-state index contributed by atoms with van der Waals surface area (Å²) in [7, 11) is 0. The Morgan fingerprint density at radius 1 is 1.61 bits per heavy atom. The van der Waals surface area contributed by atoms with E-state index in [9.17, 15) is 9.59 Å². The van der Waals surface area contributed by atoms with Crippen molar-refractivity contribution >= 4 is 29.3 Å². The first-order valence-electron chi connectivity index (χ1n) is 5.72. The van der Waals surface area contributed by atoms with Gasteiger partial charge >= 0.3 is 5.97 Å². The van der Waals surface area contributed by atoms with Crippen LogP contribution in [0, 0.1) is 0 Å². The van der Waals surface area contributed by atoms with E-state index >= 15 is 0 Å². The van der Waals surface area contributed by atoms with Gasteiger partial charge < -0.3 is 4.74 Å². The van der Waals surface area contributed by atoms with Gasteiger partial charge in [0.05, 0.1) is 17.5 Å². The van der Waals surface area contributed by atoms with E-state index in [-0.39, 0.29) is 17.7 Å². The van der Waals surface area contributed by atoms with Crippen molar-refractivity contribution in [2.45, 2.75) is 24.1 Å². The highest BCUT2D eigenvalue weighted by Gasteiger charge is 2.32. The van der Waals surface area contributed by atoms with Gasteiger partial charge in [-0.25, -0.2) is 4.98 Å². The second-order valence-electron chi connectivity index (χ2n) is 3.82. The molecular formula is C12H14N2O3S. The van der Waals surface area contributed by atoms with Gasteiger partial charge in [0.15, 0.2) is 0 Å². The van der Waals surface area contributed by atoms with E-state index in [1.165, 1.54) is 16.7 Å². The third-order valence-corrected chi connectivity index (χ3v) is 3.63. The highest BCUT2D eigenvalue weighted by atomic mass is 32.2.